The van der Waals surface area contributed by atoms with E-state index in [1.165, 1.54) is 10.9 Å². The largest absolute Gasteiger partial charge is 0.505 e. The Balaban J connectivity index is 2.18. The lowest BCUT2D eigenvalue weighted by Gasteiger charge is -2.33. The van der Waals surface area contributed by atoms with Crippen molar-refractivity contribution in [3.63, 3.8) is 0 Å². The van der Waals surface area contributed by atoms with Gasteiger partial charge in [0.25, 0.3) is 0 Å². The number of allylic oxidation sites excluding steroid dienone is 1. The number of phenolic OH excluding ortho intramolecular Hbond substituents is 1. The number of fused-ring (bicyclic) bond motifs is 1. The van der Waals surface area contributed by atoms with Gasteiger partial charge in [0.1, 0.15) is 22.5 Å². The van der Waals surface area contributed by atoms with E-state index in [4.69, 9.17) is 0 Å². The van der Waals surface area contributed by atoms with Gasteiger partial charge in [-0.05, 0) is 53.5 Å². The minimum Gasteiger partial charge on any atom is -0.505 e. The molecule has 31 heavy (non-hydrogen) atoms. The van der Waals surface area contributed by atoms with Crippen LogP contribution in [-0.4, -0.2) is 20.1 Å². The zero-order valence-electron chi connectivity index (χ0n) is 18.5. The molecule has 0 aliphatic carbocycles. The Hall–Kier alpha value is -2.83. The molecule has 4 nitrogen and oxygen atoms in total. The highest BCUT2D eigenvalue weighted by atomic mass is 19.4. The highest BCUT2D eigenvalue weighted by Gasteiger charge is 2.32. The van der Waals surface area contributed by atoms with Crippen LogP contribution in [0.1, 0.15) is 57.7 Å². The highest BCUT2D eigenvalue weighted by molar-refractivity contribution is 5.75. The number of halogens is 3. The summed E-state index contributed by atoms with van der Waals surface area (Å²) in [6, 6.07) is 7.01. The summed E-state index contributed by atoms with van der Waals surface area (Å²) < 4.78 is 39.2. The summed E-state index contributed by atoms with van der Waals surface area (Å²) >= 11 is 0. The van der Waals surface area contributed by atoms with Gasteiger partial charge < -0.3 is 5.11 Å². The average molecular weight is 432 g/mol. The Morgan fingerprint density at radius 3 is 2.19 bits per heavy atom. The first-order valence-electron chi connectivity index (χ1n) is 10.1. The SMILES string of the molecule is C=CCc1cc(C(C)(C)CC(C)(C)C)cc(-n2nc3ccc(C(F)(F)F)cc3n2)c1O. The Morgan fingerprint density at radius 2 is 1.61 bits per heavy atom. The van der Waals surface area contributed by atoms with Gasteiger partial charge in [-0.1, -0.05) is 46.8 Å². The second-order valence-corrected chi connectivity index (χ2v) is 9.81. The molecule has 2 aromatic carbocycles. The quantitative estimate of drug-likeness (QED) is 0.464. The third-order valence-corrected chi connectivity index (χ3v) is 5.21. The summed E-state index contributed by atoms with van der Waals surface area (Å²) in [5.74, 6) is -0.00782. The maximum atomic E-state index is 13.1. The fourth-order valence-corrected chi connectivity index (χ4v) is 4.16. The summed E-state index contributed by atoms with van der Waals surface area (Å²) in [6.07, 6.45) is -1.44. The Morgan fingerprint density at radius 1 is 0.968 bits per heavy atom. The lowest BCUT2D eigenvalue weighted by Crippen LogP contribution is -2.25. The van der Waals surface area contributed by atoms with Gasteiger partial charge in [-0.25, -0.2) is 0 Å². The first kappa shape index (κ1) is 22.8. The summed E-state index contributed by atoms with van der Waals surface area (Å²) in [5.41, 5.74) is 1.49. The number of alkyl halides is 3. The topological polar surface area (TPSA) is 50.9 Å². The number of phenols is 1. The molecule has 166 valence electrons. The Kier molecular flexibility index (Phi) is 5.67. The molecule has 0 atom stereocenters. The molecule has 0 unspecified atom stereocenters. The first-order chi connectivity index (χ1) is 14.2. The van der Waals surface area contributed by atoms with Crippen molar-refractivity contribution >= 4 is 11.0 Å². The van der Waals surface area contributed by atoms with Crippen molar-refractivity contribution in [1.82, 2.24) is 15.0 Å². The van der Waals surface area contributed by atoms with E-state index in [1.807, 2.05) is 12.1 Å². The highest BCUT2D eigenvalue weighted by Crippen LogP contribution is 2.40. The van der Waals surface area contributed by atoms with Gasteiger partial charge in [0.15, 0.2) is 0 Å². The maximum Gasteiger partial charge on any atom is 0.416 e. The molecule has 3 aromatic rings. The second kappa shape index (κ2) is 7.70. The molecule has 1 heterocycles. The number of aromatic nitrogens is 3. The lowest BCUT2D eigenvalue weighted by atomic mass is 9.72. The fourth-order valence-electron chi connectivity index (χ4n) is 4.16. The van der Waals surface area contributed by atoms with Crippen molar-refractivity contribution in [3.8, 4) is 11.4 Å². The van der Waals surface area contributed by atoms with Crippen LogP contribution in [0.2, 0.25) is 0 Å². The van der Waals surface area contributed by atoms with Gasteiger partial charge in [-0.3, -0.25) is 0 Å². The van der Waals surface area contributed by atoms with E-state index in [9.17, 15) is 18.3 Å². The van der Waals surface area contributed by atoms with Gasteiger partial charge in [-0.15, -0.1) is 21.6 Å². The molecule has 0 aliphatic rings. The summed E-state index contributed by atoms with van der Waals surface area (Å²) in [6.45, 7) is 14.5. The molecule has 1 aromatic heterocycles. The molecule has 0 amide bonds. The summed E-state index contributed by atoms with van der Waals surface area (Å²) in [5, 5.41) is 19.4. The van der Waals surface area contributed by atoms with E-state index in [2.05, 4.69) is 51.4 Å². The first-order valence-corrected chi connectivity index (χ1v) is 10.1. The van der Waals surface area contributed by atoms with Crippen LogP contribution < -0.4 is 0 Å². The molecule has 7 heteroatoms. The number of nitrogens with zero attached hydrogens (tertiary/aromatic N) is 3. The van der Waals surface area contributed by atoms with Crippen LogP contribution in [0.5, 0.6) is 5.75 Å². The Bertz CT molecular complexity index is 1120. The van der Waals surface area contributed by atoms with Crippen molar-refractivity contribution in [3.05, 3.63) is 59.7 Å². The standard InChI is InChI=1S/C24H28F3N3O/c1-7-8-15-11-17(23(5,6)14-22(2,3)4)13-20(21(15)31)30-28-18-10-9-16(24(25,26)27)12-19(18)29-30/h7,9-13,31H,1,8,14H2,2-6H3. The predicted octanol–water partition coefficient (Wildman–Crippen LogP) is 6.59. The van der Waals surface area contributed by atoms with Gasteiger partial charge in [0, 0.05) is 5.56 Å². The van der Waals surface area contributed by atoms with Crippen LogP contribution >= 0.6 is 0 Å². The molecule has 0 bridgehead atoms. The van der Waals surface area contributed by atoms with Gasteiger partial charge in [0.2, 0.25) is 0 Å². The smallest absolute Gasteiger partial charge is 0.416 e. The molecule has 0 fully saturated rings. The molecule has 0 saturated carbocycles. The van der Waals surface area contributed by atoms with E-state index in [1.54, 1.807) is 6.08 Å². The normalized spacial score (nSPS) is 13.0. The Labute approximate surface area is 180 Å². The molecule has 0 spiro atoms. The van der Waals surface area contributed by atoms with Crippen LogP contribution in [0.15, 0.2) is 43.0 Å². The maximum absolute atomic E-state index is 13.1. The van der Waals surface area contributed by atoms with Gasteiger partial charge in [-0.2, -0.15) is 13.2 Å². The lowest BCUT2D eigenvalue weighted by molar-refractivity contribution is -0.137. The molecular weight excluding hydrogens is 403 g/mol. The van der Waals surface area contributed by atoms with Crippen LogP contribution in [0.4, 0.5) is 13.2 Å². The summed E-state index contributed by atoms with van der Waals surface area (Å²) in [7, 11) is 0. The van der Waals surface area contributed by atoms with E-state index >= 15 is 0 Å². The third-order valence-electron chi connectivity index (χ3n) is 5.21. The second-order valence-electron chi connectivity index (χ2n) is 9.81. The van der Waals surface area contributed by atoms with Crippen molar-refractivity contribution in [2.75, 3.05) is 0 Å². The van der Waals surface area contributed by atoms with Crippen molar-refractivity contribution in [2.45, 2.75) is 59.1 Å². The minimum atomic E-state index is -4.46. The molecule has 0 saturated heterocycles. The average Bonchev–Trinajstić information content (AvgIpc) is 3.03. The van der Waals surface area contributed by atoms with E-state index in [-0.39, 0.29) is 22.1 Å². The molecule has 1 N–H and O–H groups in total. The van der Waals surface area contributed by atoms with Crippen molar-refractivity contribution in [1.29, 1.82) is 0 Å². The molecular formula is C24H28F3N3O. The molecule has 0 aliphatic heterocycles. The van der Waals surface area contributed by atoms with E-state index in [0.29, 0.717) is 23.2 Å². The zero-order chi connectivity index (χ0) is 23.2. The summed E-state index contributed by atoms with van der Waals surface area (Å²) in [4.78, 5) is 1.21. The van der Waals surface area contributed by atoms with Crippen LogP contribution in [0.25, 0.3) is 16.7 Å². The monoisotopic (exact) mass is 431 g/mol. The molecule has 0 radical (unpaired) electrons. The van der Waals surface area contributed by atoms with Crippen molar-refractivity contribution in [2.24, 2.45) is 5.41 Å². The van der Waals surface area contributed by atoms with Crippen LogP contribution in [0.3, 0.4) is 0 Å². The zero-order valence-corrected chi connectivity index (χ0v) is 18.5. The van der Waals surface area contributed by atoms with Crippen LogP contribution in [0, 0.1) is 5.41 Å². The van der Waals surface area contributed by atoms with Crippen molar-refractivity contribution < 1.29 is 18.3 Å². The number of aromatic hydroxyl groups is 1. The number of hydrogen-bond donors (Lipinski definition) is 1. The van der Waals surface area contributed by atoms with E-state index < -0.39 is 11.7 Å². The number of rotatable bonds is 5. The predicted molar refractivity (Wildman–Crippen MR) is 117 cm³/mol. The molecule has 3 rings (SSSR count). The van der Waals surface area contributed by atoms with Gasteiger partial charge in [0.05, 0.1) is 5.56 Å². The third kappa shape index (κ3) is 4.92. The fraction of sp³-hybridized carbons (Fsp3) is 0.417. The number of hydrogen-bond acceptors (Lipinski definition) is 3. The van der Waals surface area contributed by atoms with Gasteiger partial charge >= 0.3 is 6.18 Å². The minimum absolute atomic E-state index is 0.00782. The number of benzene rings is 2. The van der Waals surface area contributed by atoms with E-state index in [0.717, 1.165) is 24.1 Å². The van der Waals surface area contributed by atoms with Crippen LogP contribution in [-0.2, 0) is 18.0 Å².